The van der Waals surface area contributed by atoms with Gasteiger partial charge in [0, 0.05) is 42.4 Å². The first-order valence-electron chi connectivity index (χ1n) is 12.6. The Morgan fingerprint density at radius 2 is 1.94 bits per heavy atom. The van der Waals surface area contributed by atoms with E-state index >= 15 is 0 Å². The first-order valence-corrected chi connectivity index (χ1v) is 12.6. The number of fused-ring (bicyclic) bond motifs is 1. The van der Waals surface area contributed by atoms with Gasteiger partial charge < -0.3 is 14.4 Å². The second kappa shape index (κ2) is 10.1. The summed E-state index contributed by atoms with van der Waals surface area (Å²) in [5.74, 6) is 0.105. The van der Waals surface area contributed by atoms with Gasteiger partial charge in [0.2, 0.25) is 5.88 Å². The lowest BCUT2D eigenvalue weighted by atomic mass is 9.96. The van der Waals surface area contributed by atoms with Gasteiger partial charge in [-0.25, -0.2) is 14.1 Å². The van der Waals surface area contributed by atoms with Crippen molar-refractivity contribution in [3.63, 3.8) is 0 Å². The minimum atomic E-state index is -0.506. The zero-order valence-corrected chi connectivity index (χ0v) is 21.1. The van der Waals surface area contributed by atoms with Gasteiger partial charge in [-0.2, -0.15) is 10.2 Å². The number of pyridine rings is 1. The van der Waals surface area contributed by atoms with Crippen LogP contribution < -0.4 is 4.74 Å². The quantitative estimate of drug-likeness (QED) is 0.532. The van der Waals surface area contributed by atoms with Crippen molar-refractivity contribution < 1.29 is 13.9 Å². The maximum atomic E-state index is 14.5. The highest BCUT2D eigenvalue weighted by atomic mass is 19.1. The Labute approximate surface area is 206 Å². The van der Waals surface area contributed by atoms with Crippen LogP contribution in [0.5, 0.6) is 5.88 Å². The van der Waals surface area contributed by atoms with Crippen LogP contribution >= 0.6 is 0 Å². The molecule has 8 nitrogen and oxygen atoms in total. The molecule has 5 rings (SSSR count). The average molecular weight is 483 g/mol. The van der Waals surface area contributed by atoms with Gasteiger partial charge >= 0.3 is 0 Å². The summed E-state index contributed by atoms with van der Waals surface area (Å²) in [5.41, 5.74) is 5.66. The van der Waals surface area contributed by atoms with Gasteiger partial charge in [-0.05, 0) is 59.0 Å². The van der Waals surface area contributed by atoms with Gasteiger partial charge in [-0.15, -0.1) is 0 Å². The van der Waals surface area contributed by atoms with Gasteiger partial charge in [0.1, 0.15) is 0 Å². The molecule has 0 bridgehead atoms. The summed E-state index contributed by atoms with van der Waals surface area (Å²) in [5, 5.41) is 9.83. The normalized spacial score (nSPS) is 17.5. The van der Waals surface area contributed by atoms with Crippen molar-refractivity contribution >= 4 is 0 Å². The zero-order chi connectivity index (χ0) is 24.5. The molecular weight excluding hydrogens is 447 g/mol. The molecule has 3 aromatic heterocycles. The van der Waals surface area contributed by atoms with Crippen molar-refractivity contribution in [3.8, 4) is 22.8 Å². The molecule has 5 heterocycles. The lowest BCUT2D eigenvalue weighted by Crippen LogP contribution is -2.39. The maximum absolute atomic E-state index is 14.5. The summed E-state index contributed by atoms with van der Waals surface area (Å²) in [6, 6.07) is 2.03. The van der Waals surface area contributed by atoms with E-state index in [-0.39, 0.29) is 5.88 Å². The number of nitrogens with zero attached hydrogens (tertiary/aromatic N) is 6. The Kier molecular flexibility index (Phi) is 6.88. The molecule has 0 aromatic carbocycles. The van der Waals surface area contributed by atoms with Gasteiger partial charge in [0.25, 0.3) is 0 Å². The second-order valence-electron chi connectivity index (χ2n) is 9.91. The maximum Gasteiger partial charge on any atom is 0.250 e. The molecule has 1 fully saturated rings. The molecule has 2 aliphatic rings. The predicted octanol–water partition coefficient (Wildman–Crippen LogP) is 3.82. The van der Waals surface area contributed by atoms with Crippen molar-refractivity contribution in [3.05, 3.63) is 41.2 Å². The van der Waals surface area contributed by atoms with Crippen molar-refractivity contribution in [1.29, 1.82) is 0 Å². The number of piperidine rings is 1. The second-order valence-corrected chi connectivity index (χ2v) is 9.91. The van der Waals surface area contributed by atoms with Crippen LogP contribution in [-0.4, -0.2) is 68.9 Å². The Hall–Kier alpha value is -2.78. The molecule has 0 saturated carbocycles. The highest BCUT2D eigenvalue weighted by Crippen LogP contribution is 2.32. The number of hydrogen-bond acceptors (Lipinski definition) is 6. The molecule has 3 aromatic rings. The number of hydrogen-bond donors (Lipinski definition) is 0. The summed E-state index contributed by atoms with van der Waals surface area (Å²) in [6.45, 7) is 11.1. The van der Waals surface area contributed by atoms with Gasteiger partial charge in [-0.3, -0.25) is 4.68 Å². The third-order valence-electron chi connectivity index (χ3n) is 7.33. The molecule has 9 heteroatoms. The van der Waals surface area contributed by atoms with E-state index in [2.05, 4.69) is 34.6 Å². The fourth-order valence-electron chi connectivity index (χ4n) is 5.32. The standard InChI is InChI=1S/C26H35FN6O2/c1-17(2)31-9-5-19(6-10-31)15-32-16-22(18(3)29-32)25-21-7-11-35-12-8-24(21)33(30-25)20-13-23(27)26(34-4)28-14-20/h13-14,16-17,19H,5-12,15H2,1-4H3. The van der Waals surface area contributed by atoms with E-state index in [4.69, 9.17) is 19.7 Å². The van der Waals surface area contributed by atoms with Gasteiger partial charge in [-0.1, -0.05) is 0 Å². The summed E-state index contributed by atoms with van der Waals surface area (Å²) in [4.78, 5) is 6.67. The molecule has 0 aliphatic carbocycles. The van der Waals surface area contributed by atoms with Crippen molar-refractivity contribution in [1.82, 2.24) is 29.4 Å². The fourth-order valence-corrected chi connectivity index (χ4v) is 5.32. The number of aromatic nitrogens is 5. The van der Waals surface area contributed by atoms with E-state index in [1.54, 1.807) is 6.20 Å². The molecule has 188 valence electrons. The van der Waals surface area contributed by atoms with E-state index in [1.165, 1.54) is 26.0 Å². The molecule has 0 amide bonds. The van der Waals surface area contributed by atoms with Crippen LogP contribution in [0.2, 0.25) is 0 Å². The number of halogens is 1. The van der Waals surface area contributed by atoms with E-state index in [0.717, 1.165) is 54.3 Å². The third kappa shape index (κ3) is 4.84. The van der Waals surface area contributed by atoms with E-state index in [9.17, 15) is 4.39 Å². The van der Waals surface area contributed by atoms with E-state index < -0.39 is 5.82 Å². The zero-order valence-electron chi connectivity index (χ0n) is 21.1. The lowest BCUT2D eigenvalue weighted by molar-refractivity contribution is 0.140. The summed E-state index contributed by atoms with van der Waals surface area (Å²) in [6.07, 6.45) is 7.60. The largest absolute Gasteiger partial charge is 0.479 e. The molecule has 2 aliphatic heterocycles. The predicted molar refractivity (Wildman–Crippen MR) is 131 cm³/mol. The molecule has 0 radical (unpaired) electrons. The smallest absolute Gasteiger partial charge is 0.250 e. The molecule has 0 spiro atoms. The number of rotatable bonds is 6. The Balaban J connectivity index is 1.45. The van der Waals surface area contributed by atoms with E-state index in [1.807, 2.05) is 11.6 Å². The van der Waals surface area contributed by atoms with Crippen molar-refractivity contribution in [2.75, 3.05) is 33.4 Å². The highest BCUT2D eigenvalue weighted by molar-refractivity contribution is 5.67. The third-order valence-corrected chi connectivity index (χ3v) is 7.33. The number of aryl methyl sites for hydroxylation is 1. The van der Waals surface area contributed by atoms with Crippen molar-refractivity contribution in [2.24, 2.45) is 5.92 Å². The van der Waals surface area contributed by atoms with Crippen LogP contribution in [0.1, 0.15) is 43.6 Å². The molecular formula is C26H35FN6O2. The van der Waals surface area contributed by atoms with Crippen LogP contribution in [0.15, 0.2) is 18.5 Å². The molecule has 0 atom stereocenters. The molecule has 0 N–H and O–H groups in total. The minimum Gasteiger partial charge on any atom is -0.479 e. The van der Waals surface area contributed by atoms with Crippen LogP contribution in [0, 0.1) is 18.7 Å². The Morgan fingerprint density at radius 1 is 1.17 bits per heavy atom. The molecule has 1 saturated heterocycles. The van der Waals surface area contributed by atoms with Crippen LogP contribution in [0.25, 0.3) is 16.9 Å². The van der Waals surface area contributed by atoms with Gasteiger partial charge in [0.05, 0.1) is 49.3 Å². The van der Waals surface area contributed by atoms with E-state index in [0.29, 0.717) is 37.3 Å². The monoisotopic (exact) mass is 482 g/mol. The number of methoxy groups -OCH3 is 1. The summed E-state index contributed by atoms with van der Waals surface area (Å²) >= 11 is 0. The lowest BCUT2D eigenvalue weighted by Gasteiger charge is -2.34. The number of likely N-dealkylation sites (tertiary alicyclic amines) is 1. The fraction of sp³-hybridized carbons (Fsp3) is 0.577. The van der Waals surface area contributed by atoms with Gasteiger partial charge in [0.15, 0.2) is 5.82 Å². The minimum absolute atomic E-state index is 0.0214. The van der Waals surface area contributed by atoms with Crippen LogP contribution in [0.4, 0.5) is 4.39 Å². The SMILES string of the molecule is COc1ncc(-n2nc(-c3cn(CC4CCN(C(C)C)CC4)nc3C)c3c2CCOCC3)cc1F. The average Bonchev–Trinajstić information content (AvgIpc) is 3.28. The van der Waals surface area contributed by atoms with Crippen LogP contribution in [-0.2, 0) is 24.1 Å². The molecule has 35 heavy (non-hydrogen) atoms. The summed E-state index contributed by atoms with van der Waals surface area (Å²) < 4.78 is 29.1. The first-order chi connectivity index (χ1) is 16.9. The Morgan fingerprint density at radius 3 is 2.66 bits per heavy atom. The highest BCUT2D eigenvalue weighted by Gasteiger charge is 2.26. The van der Waals surface area contributed by atoms with Crippen molar-refractivity contribution in [2.45, 2.75) is 59.0 Å². The van der Waals surface area contributed by atoms with Crippen LogP contribution in [0.3, 0.4) is 0 Å². The Bertz CT molecular complexity index is 1180. The topological polar surface area (TPSA) is 70.2 Å². The molecule has 0 unspecified atom stereocenters. The summed E-state index contributed by atoms with van der Waals surface area (Å²) in [7, 11) is 1.41. The number of ether oxygens (including phenoxy) is 2. The first kappa shape index (κ1) is 23.9.